The molecule has 39 heavy (non-hydrogen) atoms. The first-order chi connectivity index (χ1) is 18.4. The van der Waals surface area contributed by atoms with Crippen molar-refractivity contribution in [3.63, 3.8) is 0 Å². The minimum atomic E-state index is -4.95. The second kappa shape index (κ2) is 9.59. The highest BCUT2D eigenvalue weighted by Gasteiger charge is 2.24. The van der Waals surface area contributed by atoms with E-state index in [1.807, 2.05) is 30.3 Å². The quantitative estimate of drug-likeness (QED) is 0.105. The zero-order valence-electron chi connectivity index (χ0n) is 19.7. The first-order valence-corrected chi connectivity index (χ1v) is 14.0. The Labute approximate surface area is 221 Å². The highest BCUT2D eigenvalue weighted by Crippen LogP contribution is 2.44. The zero-order valence-corrected chi connectivity index (χ0v) is 21.3. The van der Waals surface area contributed by atoms with E-state index < -0.39 is 41.5 Å². The molecule has 12 nitrogen and oxygen atoms in total. The van der Waals surface area contributed by atoms with Crippen molar-refractivity contribution in [2.24, 2.45) is 10.2 Å². The Hall–Kier alpha value is -4.63. The number of nitrogens with two attached hydrogens (primary N) is 1. The Morgan fingerprint density at radius 2 is 1.59 bits per heavy atom. The van der Waals surface area contributed by atoms with Gasteiger partial charge in [-0.1, -0.05) is 30.3 Å². The molecule has 5 rings (SSSR count). The van der Waals surface area contributed by atoms with Gasteiger partial charge in [0.15, 0.2) is 5.75 Å². The molecule has 0 bridgehead atoms. The number of rotatable bonds is 6. The maximum absolute atomic E-state index is 12.0. The summed E-state index contributed by atoms with van der Waals surface area (Å²) in [4.78, 5) is 6.19. The van der Waals surface area contributed by atoms with Gasteiger partial charge in [0.05, 0.1) is 21.6 Å². The predicted octanol–water partition coefficient (Wildman–Crippen LogP) is 5.08. The van der Waals surface area contributed by atoms with Crippen LogP contribution < -0.4 is 5.73 Å². The molecule has 0 saturated heterocycles. The number of para-hydroxylation sites is 2. The molecular weight excluding hydrogens is 546 g/mol. The highest BCUT2D eigenvalue weighted by molar-refractivity contribution is 7.86. The van der Waals surface area contributed by atoms with Crippen molar-refractivity contribution in [2.45, 2.75) is 9.79 Å². The lowest BCUT2D eigenvalue weighted by Gasteiger charge is -2.11. The minimum absolute atomic E-state index is 0.144. The molecule has 198 valence electrons. The van der Waals surface area contributed by atoms with Crippen molar-refractivity contribution in [3.8, 4) is 5.75 Å². The van der Waals surface area contributed by atoms with Gasteiger partial charge in [0.2, 0.25) is 0 Å². The van der Waals surface area contributed by atoms with E-state index in [-0.39, 0.29) is 16.5 Å². The van der Waals surface area contributed by atoms with Crippen LogP contribution >= 0.6 is 0 Å². The monoisotopic (exact) mass is 565 g/mol. The molecule has 0 radical (unpaired) electrons. The maximum Gasteiger partial charge on any atom is 0.296 e. The normalized spacial score (nSPS) is 12.8. The summed E-state index contributed by atoms with van der Waals surface area (Å²) in [5, 5.41) is 18.3. The molecular formula is C25H19N5O7S2. The van der Waals surface area contributed by atoms with Crippen LogP contribution in [0.4, 0.5) is 17.1 Å². The summed E-state index contributed by atoms with van der Waals surface area (Å²) < 4.78 is 66.2. The summed E-state index contributed by atoms with van der Waals surface area (Å²) >= 11 is 0. The minimum Gasteiger partial charge on any atom is -0.505 e. The van der Waals surface area contributed by atoms with E-state index in [1.165, 1.54) is 0 Å². The van der Waals surface area contributed by atoms with Gasteiger partial charge in [0.25, 0.3) is 20.2 Å². The van der Waals surface area contributed by atoms with Gasteiger partial charge < -0.3 is 15.8 Å². The Bertz CT molecular complexity index is 2000. The van der Waals surface area contributed by atoms with Gasteiger partial charge in [-0.05, 0) is 59.5 Å². The number of anilines is 1. The summed E-state index contributed by atoms with van der Waals surface area (Å²) in [5.74, 6) is -0.0823. The lowest BCUT2D eigenvalue weighted by atomic mass is 10.1. The number of aromatic hydroxyl groups is 1. The van der Waals surface area contributed by atoms with Crippen molar-refractivity contribution in [1.29, 1.82) is 0 Å². The molecule has 0 aliphatic heterocycles. The number of nitrogen functional groups attached to an aromatic ring is 1. The van der Waals surface area contributed by atoms with E-state index in [9.17, 15) is 31.0 Å². The summed E-state index contributed by atoms with van der Waals surface area (Å²) in [6, 6.07) is 16.9. The van der Waals surface area contributed by atoms with E-state index in [4.69, 9.17) is 5.73 Å². The molecule has 5 aromatic rings. The van der Waals surface area contributed by atoms with Gasteiger partial charge in [-0.3, -0.25) is 9.11 Å². The average Bonchev–Trinajstić information content (AvgIpc) is 3.29. The van der Waals surface area contributed by atoms with Crippen LogP contribution in [0.25, 0.3) is 34.0 Å². The van der Waals surface area contributed by atoms with Crippen LogP contribution in [0.15, 0.2) is 86.7 Å². The molecule has 1 aromatic heterocycles. The summed E-state index contributed by atoms with van der Waals surface area (Å²) in [6.07, 6.45) is 3.63. The van der Waals surface area contributed by atoms with E-state index in [0.717, 1.165) is 34.8 Å². The molecule has 0 spiro atoms. The number of aromatic nitrogens is 2. The molecule has 1 heterocycles. The first kappa shape index (κ1) is 26.0. The van der Waals surface area contributed by atoms with Crippen LogP contribution in [-0.4, -0.2) is 41.0 Å². The van der Waals surface area contributed by atoms with E-state index in [1.54, 1.807) is 30.3 Å². The molecule has 0 unspecified atom stereocenters. The fourth-order valence-electron chi connectivity index (χ4n) is 3.92. The zero-order chi connectivity index (χ0) is 27.9. The highest BCUT2D eigenvalue weighted by atomic mass is 32.2. The van der Waals surface area contributed by atoms with Crippen LogP contribution in [0, 0.1) is 0 Å². The van der Waals surface area contributed by atoms with Gasteiger partial charge >= 0.3 is 0 Å². The Balaban J connectivity index is 1.48. The first-order valence-electron chi connectivity index (χ1n) is 11.1. The standard InChI is InChI=1S/C25H19N5O7S2/c26-18-13-17(38(32,33)34)11-15-12-21(39(35,36)37)24(25(31)23(15)18)30-29-16-8-5-14(6-9-16)7-10-22-27-19-3-1-2-4-20(19)28-22/h1-13,31H,26H2,(H,27,28)(H,32,33,34)(H,35,36,37)/b10-7+,30-29?. The number of phenols is 1. The number of H-pyrrole nitrogens is 1. The molecule has 0 aliphatic carbocycles. The number of fused-ring (bicyclic) bond motifs is 2. The fourth-order valence-corrected chi connectivity index (χ4v) is 5.13. The predicted molar refractivity (Wildman–Crippen MR) is 145 cm³/mol. The number of nitrogens with zero attached hydrogens (tertiary/aromatic N) is 3. The average molecular weight is 566 g/mol. The van der Waals surface area contributed by atoms with Crippen molar-refractivity contribution in [1.82, 2.24) is 9.97 Å². The van der Waals surface area contributed by atoms with Crippen LogP contribution in [0.1, 0.15) is 11.4 Å². The Morgan fingerprint density at radius 1 is 0.872 bits per heavy atom. The second-order valence-corrected chi connectivity index (χ2v) is 11.2. The molecule has 6 N–H and O–H groups in total. The lowest BCUT2D eigenvalue weighted by Crippen LogP contribution is -2.02. The third kappa shape index (κ3) is 5.35. The number of phenolic OH excluding ortho intramolecular Hbond substituents is 1. The maximum atomic E-state index is 12.0. The third-order valence-corrected chi connectivity index (χ3v) is 7.43. The van der Waals surface area contributed by atoms with E-state index in [0.29, 0.717) is 11.5 Å². The van der Waals surface area contributed by atoms with Crippen molar-refractivity contribution in [2.75, 3.05) is 5.73 Å². The van der Waals surface area contributed by atoms with Gasteiger partial charge in [0, 0.05) is 11.1 Å². The molecule has 0 fully saturated rings. The van der Waals surface area contributed by atoms with Crippen LogP contribution in [-0.2, 0) is 20.2 Å². The van der Waals surface area contributed by atoms with Crippen LogP contribution in [0.3, 0.4) is 0 Å². The number of benzene rings is 4. The van der Waals surface area contributed by atoms with Crippen LogP contribution in [0.2, 0.25) is 0 Å². The smallest absolute Gasteiger partial charge is 0.296 e. The van der Waals surface area contributed by atoms with Gasteiger partial charge in [-0.2, -0.15) is 21.9 Å². The largest absolute Gasteiger partial charge is 0.505 e. The van der Waals surface area contributed by atoms with Gasteiger partial charge in [-0.25, -0.2) is 4.98 Å². The van der Waals surface area contributed by atoms with Crippen molar-refractivity contribution in [3.05, 3.63) is 78.1 Å². The summed E-state index contributed by atoms with van der Waals surface area (Å²) in [5.41, 5.74) is 7.84. The third-order valence-electron chi connectivity index (χ3n) is 5.73. The lowest BCUT2D eigenvalue weighted by molar-refractivity contribution is 0.472. The number of nitrogens with one attached hydrogen (secondary N) is 1. The molecule has 14 heteroatoms. The molecule has 0 saturated carbocycles. The number of hydrogen-bond acceptors (Lipinski definition) is 9. The number of azo groups is 1. The topological polar surface area (TPSA) is 208 Å². The van der Waals surface area contributed by atoms with E-state index in [2.05, 4.69) is 20.2 Å². The second-order valence-electron chi connectivity index (χ2n) is 8.40. The molecule has 0 atom stereocenters. The number of imidazole rings is 1. The Kier molecular flexibility index (Phi) is 6.40. The Morgan fingerprint density at radius 3 is 2.26 bits per heavy atom. The molecule has 0 aliphatic rings. The van der Waals surface area contributed by atoms with Crippen molar-refractivity contribution >= 4 is 71.3 Å². The number of hydrogen-bond donors (Lipinski definition) is 5. The van der Waals surface area contributed by atoms with Crippen LogP contribution in [0.5, 0.6) is 5.75 Å². The van der Waals surface area contributed by atoms with Gasteiger partial charge in [0.1, 0.15) is 16.4 Å². The van der Waals surface area contributed by atoms with Crippen molar-refractivity contribution < 1.29 is 31.0 Å². The number of aromatic amines is 1. The van der Waals surface area contributed by atoms with E-state index >= 15 is 0 Å². The summed E-state index contributed by atoms with van der Waals surface area (Å²) in [6.45, 7) is 0. The SMILES string of the molecule is Nc1cc(S(=O)(=O)O)cc2cc(S(=O)(=O)O)c(N=Nc3ccc(/C=C/c4nc5ccccc5[nH]4)cc3)c(O)c12. The molecule has 4 aromatic carbocycles. The summed E-state index contributed by atoms with van der Waals surface area (Å²) in [7, 11) is -9.64. The molecule has 0 amide bonds. The fraction of sp³-hybridized carbons (Fsp3) is 0. The van der Waals surface area contributed by atoms with Gasteiger partial charge in [-0.15, -0.1) is 5.11 Å².